The lowest BCUT2D eigenvalue weighted by atomic mass is 10.1. The molecule has 1 amide bonds. The Labute approximate surface area is 181 Å². The number of amides is 1. The Morgan fingerprint density at radius 1 is 1.10 bits per heavy atom. The summed E-state index contributed by atoms with van der Waals surface area (Å²) in [5.41, 5.74) is -1.53. The normalized spacial score (nSPS) is 15.0. The fourth-order valence-corrected chi connectivity index (χ4v) is 3.42. The first-order chi connectivity index (χ1) is 14.6. The lowest BCUT2D eigenvalue weighted by Crippen LogP contribution is -2.49. The predicted octanol–water partition coefficient (Wildman–Crippen LogP) is 3.99. The van der Waals surface area contributed by atoms with Gasteiger partial charge in [0.15, 0.2) is 12.4 Å². The number of nitro groups is 1. The number of nitrogens with zero attached hydrogens (tertiary/aromatic N) is 3. The SMILES string of the molecule is O=C(COc1cccc(C(F)(F)F)c1[N+](=O)[O-])N1CCN(Cc2ccc(Cl)cc2)CC1. The largest absolute Gasteiger partial charge is 0.477 e. The summed E-state index contributed by atoms with van der Waals surface area (Å²) in [5, 5.41) is 11.8. The van der Waals surface area contributed by atoms with Crippen molar-refractivity contribution in [1.29, 1.82) is 0 Å². The topological polar surface area (TPSA) is 75.9 Å². The van der Waals surface area contributed by atoms with E-state index in [1.165, 1.54) is 4.90 Å². The van der Waals surface area contributed by atoms with Crippen LogP contribution in [0.25, 0.3) is 0 Å². The number of carbonyl (C=O) groups excluding carboxylic acids is 1. The molecular weight excluding hydrogens is 439 g/mol. The Bertz CT molecular complexity index is 946. The summed E-state index contributed by atoms with van der Waals surface area (Å²) in [7, 11) is 0. The van der Waals surface area contributed by atoms with Gasteiger partial charge in [-0.15, -0.1) is 0 Å². The van der Waals surface area contributed by atoms with Crippen LogP contribution in [0.3, 0.4) is 0 Å². The van der Waals surface area contributed by atoms with Gasteiger partial charge >= 0.3 is 11.9 Å². The molecule has 1 heterocycles. The number of carbonyl (C=O) groups is 1. The van der Waals surface area contributed by atoms with Crippen molar-refractivity contribution in [2.75, 3.05) is 32.8 Å². The second kappa shape index (κ2) is 9.52. The number of rotatable bonds is 6. The maximum atomic E-state index is 13.0. The zero-order valence-electron chi connectivity index (χ0n) is 16.3. The van der Waals surface area contributed by atoms with Crippen LogP contribution in [0.5, 0.6) is 5.75 Å². The first-order valence-electron chi connectivity index (χ1n) is 9.37. The number of hydrogen-bond acceptors (Lipinski definition) is 5. The number of nitro benzene ring substituents is 1. The van der Waals surface area contributed by atoms with Crippen LogP contribution in [0.15, 0.2) is 42.5 Å². The molecule has 11 heteroatoms. The summed E-state index contributed by atoms with van der Waals surface area (Å²) in [4.78, 5) is 26.1. The van der Waals surface area contributed by atoms with E-state index in [1.54, 1.807) is 12.1 Å². The van der Waals surface area contributed by atoms with Gasteiger partial charge in [0.1, 0.15) is 5.56 Å². The van der Waals surface area contributed by atoms with Gasteiger partial charge in [0.2, 0.25) is 0 Å². The molecule has 0 aliphatic carbocycles. The minimum absolute atomic E-state index is 0.417. The Hall–Kier alpha value is -2.85. The van der Waals surface area contributed by atoms with Crippen molar-refractivity contribution in [3.63, 3.8) is 0 Å². The average Bonchev–Trinajstić information content (AvgIpc) is 2.73. The summed E-state index contributed by atoms with van der Waals surface area (Å²) < 4.78 is 44.3. The van der Waals surface area contributed by atoms with Gasteiger partial charge in [-0.2, -0.15) is 13.2 Å². The van der Waals surface area contributed by atoms with Crippen molar-refractivity contribution in [2.24, 2.45) is 0 Å². The molecule has 0 unspecified atom stereocenters. The van der Waals surface area contributed by atoms with Crippen molar-refractivity contribution in [3.8, 4) is 5.75 Å². The highest BCUT2D eigenvalue weighted by Crippen LogP contribution is 2.41. The van der Waals surface area contributed by atoms with Crippen molar-refractivity contribution in [2.45, 2.75) is 12.7 Å². The molecule has 0 atom stereocenters. The quantitative estimate of drug-likeness (QED) is 0.484. The Balaban J connectivity index is 1.56. The molecule has 1 aliphatic heterocycles. The molecule has 1 saturated heterocycles. The van der Waals surface area contributed by atoms with Gasteiger partial charge < -0.3 is 9.64 Å². The van der Waals surface area contributed by atoms with E-state index in [0.717, 1.165) is 17.7 Å². The third kappa shape index (κ3) is 5.86. The highest BCUT2D eigenvalue weighted by Gasteiger charge is 2.40. The molecule has 0 saturated carbocycles. The Kier molecular flexibility index (Phi) is 7.01. The first-order valence-corrected chi connectivity index (χ1v) is 9.75. The molecule has 0 radical (unpaired) electrons. The van der Waals surface area contributed by atoms with Crippen LogP contribution in [0.4, 0.5) is 18.9 Å². The Morgan fingerprint density at radius 2 is 1.74 bits per heavy atom. The van der Waals surface area contributed by atoms with Gasteiger partial charge in [-0.3, -0.25) is 19.8 Å². The fraction of sp³-hybridized carbons (Fsp3) is 0.350. The highest BCUT2D eigenvalue weighted by molar-refractivity contribution is 6.30. The minimum Gasteiger partial charge on any atom is -0.477 e. The van der Waals surface area contributed by atoms with Crippen LogP contribution in [-0.2, 0) is 17.5 Å². The summed E-state index contributed by atoms with van der Waals surface area (Å²) in [6.45, 7) is 2.17. The number of piperazine rings is 1. The maximum Gasteiger partial charge on any atom is 0.423 e. The summed E-state index contributed by atoms with van der Waals surface area (Å²) >= 11 is 5.88. The summed E-state index contributed by atoms with van der Waals surface area (Å²) in [6, 6.07) is 10.1. The first kappa shape index (κ1) is 22.8. The number of para-hydroxylation sites is 1. The fourth-order valence-electron chi connectivity index (χ4n) is 3.29. The molecule has 0 spiro atoms. The Morgan fingerprint density at radius 3 is 2.32 bits per heavy atom. The zero-order chi connectivity index (χ0) is 22.6. The monoisotopic (exact) mass is 457 g/mol. The van der Waals surface area contributed by atoms with Gasteiger partial charge in [-0.1, -0.05) is 29.8 Å². The molecule has 1 fully saturated rings. The predicted molar refractivity (Wildman–Crippen MR) is 107 cm³/mol. The number of ether oxygens (including phenoxy) is 1. The van der Waals surface area contributed by atoms with Crippen LogP contribution in [0.1, 0.15) is 11.1 Å². The van der Waals surface area contributed by atoms with Gasteiger partial charge in [-0.25, -0.2) is 0 Å². The van der Waals surface area contributed by atoms with Crippen LogP contribution >= 0.6 is 11.6 Å². The molecule has 2 aromatic rings. The molecule has 2 aromatic carbocycles. The van der Waals surface area contributed by atoms with Crippen molar-refractivity contribution in [3.05, 3.63) is 68.7 Å². The van der Waals surface area contributed by atoms with E-state index in [2.05, 4.69) is 4.90 Å². The second-order valence-corrected chi connectivity index (χ2v) is 7.42. The summed E-state index contributed by atoms with van der Waals surface area (Å²) in [5.74, 6) is -1.03. The molecule has 0 N–H and O–H groups in total. The van der Waals surface area contributed by atoms with Crippen molar-refractivity contribution in [1.82, 2.24) is 9.80 Å². The molecule has 166 valence electrons. The van der Waals surface area contributed by atoms with Gasteiger partial charge in [0.25, 0.3) is 5.91 Å². The van der Waals surface area contributed by atoms with Gasteiger partial charge in [-0.05, 0) is 29.8 Å². The molecule has 7 nitrogen and oxygen atoms in total. The molecule has 0 aromatic heterocycles. The smallest absolute Gasteiger partial charge is 0.423 e. The zero-order valence-corrected chi connectivity index (χ0v) is 17.0. The third-order valence-electron chi connectivity index (χ3n) is 4.88. The van der Waals surface area contributed by atoms with E-state index in [1.807, 2.05) is 12.1 Å². The van der Waals surface area contributed by atoms with Gasteiger partial charge in [0, 0.05) is 37.7 Å². The van der Waals surface area contributed by atoms with E-state index < -0.39 is 40.6 Å². The van der Waals surface area contributed by atoms with E-state index in [4.69, 9.17) is 16.3 Å². The van der Waals surface area contributed by atoms with E-state index in [0.29, 0.717) is 43.8 Å². The maximum absolute atomic E-state index is 13.0. The van der Waals surface area contributed by atoms with Crippen LogP contribution in [-0.4, -0.2) is 53.4 Å². The molecule has 1 aliphatic rings. The number of halogens is 4. The minimum atomic E-state index is -4.91. The molecular formula is C20H19ClF3N3O4. The molecule has 3 rings (SSSR count). The van der Waals surface area contributed by atoms with Crippen molar-refractivity contribution < 1.29 is 27.6 Å². The number of hydrogen-bond donors (Lipinski definition) is 0. The molecule has 0 bridgehead atoms. The van der Waals surface area contributed by atoms with Crippen LogP contribution < -0.4 is 4.74 Å². The summed E-state index contributed by atoms with van der Waals surface area (Å²) in [6.07, 6.45) is -4.91. The lowest BCUT2D eigenvalue weighted by molar-refractivity contribution is -0.389. The van der Waals surface area contributed by atoms with E-state index >= 15 is 0 Å². The average molecular weight is 458 g/mol. The standard InChI is InChI=1S/C20H19ClF3N3O4/c21-15-6-4-14(5-7-15)12-25-8-10-26(11-9-25)18(28)13-31-17-3-1-2-16(20(22,23)24)19(17)27(29)30/h1-7H,8-13H2. The van der Waals surface area contributed by atoms with Crippen LogP contribution in [0.2, 0.25) is 5.02 Å². The number of alkyl halides is 3. The number of benzene rings is 2. The highest BCUT2D eigenvalue weighted by atomic mass is 35.5. The van der Waals surface area contributed by atoms with Crippen molar-refractivity contribution >= 4 is 23.2 Å². The van der Waals surface area contributed by atoms with E-state index in [-0.39, 0.29) is 0 Å². The lowest BCUT2D eigenvalue weighted by Gasteiger charge is -2.34. The molecule has 31 heavy (non-hydrogen) atoms. The van der Waals surface area contributed by atoms with Crippen LogP contribution in [0, 0.1) is 10.1 Å². The van der Waals surface area contributed by atoms with Gasteiger partial charge in [0.05, 0.1) is 4.92 Å². The van der Waals surface area contributed by atoms with E-state index in [9.17, 15) is 28.1 Å². The third-order valence-corrected chi connectivity index (χ3v) is 5.13. The second-order valence-electron chi connectivity index (χ2n) is 6.98.